The van der Waals surface area contributed by atoms with Gasteiger partial charge in [0.25, 0.3) is 5.91 Å². The quantitative estimate of drug-likeness (QED) is 0.747. The van der Waals surface area contributed by atoms with Crippen molar-refractivity contribution >= 4 is 17.8 Å². The predicted octanol–water partition coefficient (Wildman–Crippen LogP) is 1.48. The minimum absolute atomic E-state index is 0.0426. The summed E-state index contributed by atoms with van der Waals surface area (Å²) in [6.45, 7) is 1.81. The van der Waals surface area contributed by atoms with Crippen LogP contribution >= 0.6 is 0 Å². The molecule has 26 heavy (non-hydrogen) atoms. The molecule has 4 amide bonds. The number of imide groups is 1. The van der Waals surface area contributed by atoms with E-state index >= 15 is 0 Å². The Hall–Kier alpha value is -2.41. The zero-order valence-corrected chi connectivity index (χ0v) is 15.3. The Balaban J connectivity index is 1.45. The number of carbonyl (C=O) groups excluding carboxylic acids is 3. The molecule has 1 aromatic carbocycles. The van der Waals surface area contributed by atoms with Gasteiger partial charge < -0.3 is 14.5 Å². The Kier molecular flexibility index (Phi) is 5.56. The molecule has 0 saturated carbocycles. The number of amides is 4. The minimum Gasteiger partial charge on any atom is -0.373 e. The van der Waals surface area contributed by atoms with Crippen molar-refractivity contribution in [3.63, 3.8) is 0 Å². The SMILES string of the molecule is CN1C(=O)[C@H](CC(=O)N2CCC(OCc3ccccc3)CC2)N(C)C1=O. The Morgan fingerprint density at radius 1 is 1.12 bits per heavy atom. The number of urea groups is 1. The van der Waals surface area contributed by atoms with Gasteiger partial charge in [0.05, 0.1) is 19.1 Å². The Morgan fingerprint density at radius 2 is 1.77 bits per heavy atom. The number of hydrogen-bond donors (Lipinski definition) is 0. The molecule has 2 saturated heterocycles. The Morgan fingerprint density at radius 3 is 2.35 bits per heavy atom. The Bertz CT molecular complexity index is 671. The van der Waals surface area contributed by atoms with Crippen LogP contribution in [0.15, 0.2) is 30.3 Å². The number of likely N-dealkylation sites (N-methyl/N-ethyl adjacent to an activating group) is 2. The number of hydrogen-bond acceptors (Lipinski definition) is 4. The van der Waals surface area contributed by atoms with Crippen LogP contribution in [0, 0.1) is 0 Å². The molecule has 7 nitrogen and oxygen atoms in total. The highest BCUT2D eigenvalue weighted by Gasteiger charge is 2.42. The summed E-state index contributed by atoms with van der Waals surface area (Å²) in [4.78, 5) is 40.6. The fourth-order valence-corrected chi connectivity index (χ4v) is 3.43. The van der Waals surface area contributed by atoms with Crippen molar-refractivity contribution in [3.05, 3.63) is 35.9 Å². The molecule has 0 aliphatic carbocycles. The van der Waals surface area contributed by atoms with E-state index in [-0.39, 0.29) is 30.4 Å². The van der Waals surface area contributed by atoms with Crippen LogP contribution < -0.4 is 0 Å². The van der Waals surface area contributed by atoms with E-state index in [0.717, 1.165) is 23.3 Å². The summed E-state index contributed by atoms with van der Waals surface area (Å²) < 4.78 is 5.94. The van der Waals surface area contributed by atoms with E-state index in [0.29, 0.717) is 19.7 Å². The third-order valence-electron chi connectivity index (χ3n) is 5.16. The van der Waals surface area contributed by atoms with Gasteiger partial charge in [-0.15, -0.1) is 0 Å². The lowest BCUT2D eigenvalue weighted by atomic mass is 10.1. The molecule has 0 aromatic heterocycles. The minimum atomic E-state index is -0.688. The maximum absolute atomic E-state index is 12.5. The van der Waals surface area contributed by atoms with Crippen molar-refractivity contribution in [1.82, 2.24) is 14.7 Å². The third kappa shape index (κ3) is 3.88. The van der Waals surface area contributed by atoms with E-state index < -0.39 is 6.04 Å². The lowest BCUT2D eigenvalue weighted by molar-refractivity contribution is -0.138. The zero-order chi connectivity index (χ0) is 18.7. The number of likely N-dealkylation sites (tertiary alicyclic amines) is 1. The first-order valence-corrected chi connectivity index (χ1v) is 8.95. The van der Waals surface area contributed by atoms with Gasteiger partial charge in [-0.3, -0.25) is 14.5 Å². The van der Waals surface area contributed by atoms with Gasteiger partial charge >= 0.3 is 6.03 Å². The largest absolute Gasteiger partial charge is 0.373 e. The maximum atomic E-state index is 12.5. The molecule has 0 bridgehead atoms. The van der Waals surface area contributed by atoms with E-state index in [1.54, 1.807) is 11.9 Å². The first-order valence-electron chi connectivity index (χ1n) is 8.95. The molecule has 3 rings (SSSR count). The maximum Gasteiger partial charge on any atom is 0.326 e. The highest BCUT2D eigenvalue weighted by atomic mass is 16.5. The van der Waals surface area contributed by atoms with Crippen molar-refractivity contribution in [2.24, 2.45) is 0 Å². The first-order chi connectivity index (χ1) is 12.5. The third-order valence-corrected chi connectivity index (χ3v) is 5.16. The average Bonchev–Trinajstić information content (AvgIpc) is 2.85. The van der Waals surface area contributed by atoms with Crippen LogP contribution in [-0.4, -0.2) is 71.9 Å². The molecular weight excluding hydrogens is 334 g/mol. The lowest BCUT2D eigenvalue weighted by Crippen LogP contribution is -2.44. The molecule has 1 atom stereocenters. The summed E-state index contributed by atoms with van der Waals surface area (Å²) in [6.07, 6.45) is 1.75. The number of carbonyl (C=O) groups is 3. The molecule has 2 aliphatic heterocycles. The van der Waals surface area contributed by atoms with Crippen molar-refractivity contribution in [3.8, 4) is 0 Å². The van der Waals surface area contributed by atoms with E-state index in [1.807, 2.05) is 30.3 Å². The van der Waals surface area contributed by atoms with Gasteiger partial charge in [0.1, 0.15) is 6.04 Å². The second kappa shape index (κ2) is 7.86. The fraction of sp³-hybridized carbons (Fsp3) is 0.526. The summed E-state index contributed by atoms with van der Waals surface area (Å²) >= 11 is 0. The van der Waals surface area contributed by atoms with Gasteiger partial charge in [0.2, 0.25) is 5.91 Å². The molecule has 0 spiro atoms. The number of rotatable bonds is 5. The van der Waals surface area contributed by atoms with Gasteiger partial charge in [-0.2, -0.15) is 0 Å². The van der Waals surface area contributed by atoms with Crippen LogP contribution in [-0.2, 0) is 20.9 Å². The topological polar surface area (TPSA) is 70.2 Å². The van der Waals surface area contributed by atoms with Gasteiger partial charge in [-0.05, 0) is 18.4 Å². The van der Waals surface area contributed by atoms with Crippen LogP contribution in [0.3, 0.4) is 0 Å². The molecule has 2 fully saturated rings. The normalized spacial score (nSPS) is 21.6. The molecule has 0 radical (unpaired) electrons. The van der Waals surface area contributed by atoms with E-state index in [1.165, 1.54) is 11.9 Å². The molecule has 7 heteroatoms. The van der Waals surface area contributed by atoms with Crippen LogP contribution in [0.5, 0.6) is 0 Å². The van der Waals surface area contributed by atoms with Gasteiger partial charge in [0, 0.05) is 27.2 Å². The molecule has 0 N–H and O–H groups in total. The molecule has 140 valence electrons. The first kappa shape index (κ1) is 18.4. The number of piperidine rings is 1. The van der Waals surface area contributed by atoms with Crippen molar-refractivity contribution in [2.45, 2.75) is 38.0 Å². The van der Waals surface area contributed by atoms with Crippen molar-refractivity contribution < 1.29 is 19.1 Å². The molecule has 2 heterocycles. The van der Waals surface area contributed by atoms with Crippen molar-refractivity contribution in [1.29, 1.82) is 0 Å². The Labute approximate surface area is 153 Å². The standard InChI is InChI=1S/C19H25N3O4/c1-20-16(18(24)21(2)19(20)25)12-17(23)22-10-8-15(9-11-22)26-13-14-6-4-3-5-7-14/h3-7,15-16H,8-13H2,1-2H3/t16-/m0/s1. The second-order valence-corrected chi connectivity index (χ2v) is 6.89. The van der Waals surface area contributed by atoms with Crippen molar-refractivity contribution in [2.75, 3.05) is 27.2 Å². The summed E-state index contributed by atoms with van der Waals surface area (Å²) in [5.74, 6) is -0.397. The van der Waals surface area contributed by atoms with Gasteiger partial charge in [-0.25, -0.2) is 4.79 Å². The average molecular weight is 359 g/mol. The molecule has 1 aromatic rings. The number of benzene rings is 1. The smallest absolute Gasteiger partial charge is 0.326 e. The van der Waals surface area contributed by atoms with Crippen LogP contribution in [0.2, 0.25) is 0 Å². The van der Waals surface area contributed by atoms with Gasteiger partial charge in [-0.1, -0.05) is 30.3 Å². The van der Waals surface area contributed by atoms with E-state index in [4.69, 9.17) is 4.74 Å². The summed E-state index contributed by atoms with van der Waals surface area (Å²) in [6, 6.07) is 8.98. The highest BCUT2D eigenvalue weighted by molar-refractivity contribution is 6.05. The molecule has 2 aliphatic rings. The fourth-order valence-electron chi connectivity index (χ4n) is 3.43. The van der Waals surface area contributed by atoms with Gasteiger partial charge in [0.15, 0.2) is 0 Å². The highest BCUT2D eigenvalue weighted by Crippen LogP contribution is 2.20. The van der Waals surface area contributed by atoms with E-state index in [2.05, 4.69) is 0 Å². The summed E-state index contributed by atoms with van der Waals surface area (Å²) in [5.41, 5.74) is 1.14. The predicted molar refractivity (Wildman–Crippen MR) is 95.2 cm³/mol. The molecular formula is C19H25N3O4. The van der Waals surface area contributed by atoms with Crippen LogP contribution in [0.1, 0.15) is 24.8 Å². The summed E-state index contributed by atoms with van der Waals surface area (Å²) in [7, 11) is 3.01. The molecule has 0 unspecified atom stereocenters. The van der Waals surface area contributed by atoms with E-state index in [9.17, 15) is 14.4 Å². The van der Waals surface area contributed by atoms with Crippen LogP contribution in [0.4, 0.5) is 4.79 Å². The summed E-state index contributed by atoms with van der Waals surface area (Å²) in [5, 5.41) is 0. The second-order valence-electron chi connectivity index (χ2n) is 6.89. The number of nitrogens with zero attached hydrogens (tertiary/aromatic N) is 3. The monoisotopic (exact) mass is 359 g/mol. The zero-order valence-electron chi connectivity index (χ0n) is 15.3. The number of ether oxygens (including phenoxy) is 1. The van der Waals surface area contributed by atoms with Crippen LogP contribution in [0.25, 0.3) is 0 Å². The lowest BCUT2D eigenvalue weighted by Gasteiger charge is -2.32.